The fourth-order valence-corrected chi connectivity index (χ4v) is 4.00. The third-order valence-electron chi connectivity index (χ3n) is 5.44. The van der Waals surface area contributed by atoms with Crippen molar-refractivity contribution in [3.63, 3.8) is 0 Å². The Labute approximate surface area is 190 Å². The highest BCUT2D eigenvalue weighted by atomic mass is 35.5. The summed E-state index contributed by atoms with van der Waals surface area (Å²) >= 11 is 5.96. The Morgan fingerprint density at radius 3 is 2.62 bits per heavy atom. The molecular formula is C24H22ClN3O4. The summed E-state index contributed by atoms with van der Waals surface area (Å²) in [6.45, 7) is 0.979. The van der Waals surface area contributed by atoms with E-state index in [9.17, 15) is 14.7 Å². The Hall–Kier alpha value is -3.58. The van der Waals surface area contributed by atoms with Gasteiger partial charge in [-0.3, -0.25) is 9.59 Å². The van der Waals surface area contributed by atoms with Crippen molar-refractivity contribution in [2.75, 3.05) is 13.7 Å². The van der Waals surface area contributed by atoms with E-state index in [1.807, 2.05) is 16.8 Å². The highest BCUT2D eigenvalue weighted by Gasteiger charge is 2.45. The molecule has 1 aliphatic heterocycles. The van der Waals surface area contributed by atoms with Gasteiger partial charge in [-0.1, -0.05) is 23.7 Å². The molecule has 4 rings (SSSR count). The van der Waals surface area contributed by atoms with Gasteiger partial charge in [-0.25, -0.2) is 4.98 Å². The minimum Gasteiger partial charge on any atom is -0.507 e. The summed E-state index contributed by atoms with van der Waals surface area (Å²) < 4.78 is 7.24. The molecule has 1 atom stereocenters. The average Bonchev–Trinajstić information content (AvgIpc) is 3.41. The number of hydrogen-bond acceptors (Lipinski definition) is 5. The number of hydrogen-bond donors (Lipinski definition) is 1. The van der Waals surface area contributed by atoms with Gasteiger partial charge in [0.1, 0.15) is 11.5 Å². The molecule has 1 saturated heterocycles. The van der Waals surface area contributed by atoms with Gasteiger partial charge in [0.15, 0.2) is 0 Å². The minimum atomic E-state index is -0.733. The van der Waals surface area contributed by atoms with Gasteiger partial charge in [-0.15, -0.1) is 0 Å². The van der Waals surface area contributed by atoms with Crippen molar-refractivity contribution in [2.45, 2.75) is 19.0 Å². The lowest BCUT2D eigenvalue weighted by atomic mass is 9.95. The van der Waals surface area contributed by atoms with Crippen LogP contribution in [0.2, 0.25) is 5.02 Å². The highest BCUT2D eigenvalue weighted by molar-refractivity contribution is 6.46. The van der Waals surface area contributed by atoms with Crippen molar-refractivity contribution in [1.29, 1.82) is 0 Å². The first-order valence-corrected chi connectivity index (χ1v) is 10.5. The number of nitrogens with zero attached hydrogens (tertiary/aromatic N) is 3. The summed E-state index contributed by atoms with van der Waals surface area (Å²) in [6.07, 6.45) is 5.85. The van der Waals surface area contributed by atoms with Crippen LogP contribution in [0.5, 0.6) is 5.75 Å². The Balaban J connectivity index is 1.74. The first-order valence-electron chi connectivity index (χ1n) is 10.1. The molecule has 1 aliphatic rings. The van der Waals surface area contributed by atoms with Crippen molar-refractivity contribution >= 4 is 29.1 Å². The molecule has 0 aliphatic carbocycles. The molecule has 32 heavy (non-hydrogen) atoms. The summed E-state index contributed by atoms with van der Waals surface area (Å²) in [7, 11) is 1.55. The maximum Gasteiger partial charge on any atom is 0.295 e. The van der Waals surface area contributed by atoms with Crippen LogP contribution >= 0.6 is 11.6 Å². The van der Waals surface area contributed by atoms with E-state index in [0.717, 1.165) is 0 Å². The third kappa shape index (κ3) is 4.24. The Morgan fingerprint density at radius 2 is 1.94 bits per heavy atom. The molecule has 1 fully saturated rings. The average molecular weight is 452 g/mol. The maximum atomic E-state index is 13.0. The number of amides is 1. The van der Waals surface area contributed by atoms with Gasteiger partial charge in [-0.05, 0) is 48.4 Å². The van der Waals surface area contributed by atoms with Crippen molar-refractivity contribution in [3.05, 3.63) is 89.0 Å². The first-order chi connectivity index (χ1) is 15.5. The zero-order valence-corrected chi connectivity index (χ0v) is 18.2. The standard InChI is InChI=1S/C24H22ClN3O4/c1-32-19-5-2-4-17(14-19)21-20(22(29)16-6-8-18(25)9-7-16)23(30)24(31)28(21)12-3-11-27-13-10-26-15-27/h2,4-10,13-15,21,29H,3,11-12H2,1H3/b22-20+. The van der Waals surface area contributed by atoms with Gasteiger partial charge in [0.2, 0.25) is 0 Å². The molecule has 8 heteroatoms. The number of aliphatic hydroxyl groups is 1. The molecule has 1 aromatic heterocycles. The lowest BCUT2D eigenvalue weighted by Gasteiger charge is -2.25. The van der Waals surface area contributed by atoms with E-state index in [2.05, 4.69) is 4.98 Å². The Kier molecular flexibility index (Phi) is 6.28. The topological polar surface area (TPSA) is 84.7 Å². The smallest absolute Gasteiger partial charge is 0.295 e. The number of carbonyl (C=O) groups is 2. The number of aliphatic hydroxyl groups excluding tert-OH is 1. The number of benzene rings is 2. The molecule has 3 aromatic rings. The third-order valence-corrected chi connectivity index (χ3v) is 5.69. The highest BCUT2D eigenvalue weighted by Crippen LogP contribution is 2.40. The van der Waals surface area contributed by atoms with Crippen molar-refractivity contribution in [3.8, 4) is 5.75 Å². The van der Waals surface area contributed by atoms with Gasteiger partial charge < -0.3 is 19.3 Å². The van der Waals surface area contributed by atoms with Crippen LogP contribution < -0.4 is 4.74 Å². The molecule has 7 nitrogen and oxygen atoms in total. The largest absolute Gasteiger partial charge is 0.507 e. The minimum absolute atomic E-state index is 0.0493. The lowest BCUT2D eigenvalue weighted by Crippen LogP contribution is -2.31. The molecule has 0 radical (unpaired) electrons. The molecule has 1 amide bonds. The zero-order valence-electron chi connectivity index (χ0n) is 17.4. The summed E-state index contributed by atoms with van der Waals surface area (Å²) in [5.74, 6) is -0.991. The van der Waals surface area contributed by atoms with Crippen LogP contribution in [0.1, 0.15) is 23.6 Å². The normalized spacial score (nSPS) is 17.7. The van der Waals surface area contributed by atoms with Crippen molar-refractivity contribution in [2.24, 2.45) is 0 Å². The van der Waals surface area contributed by atoms with E-state index >= 15 is 0 Å². The van der Waals surface area contributed by atoms with Crippen LogP contribution in [0.25, 0.3) is 5.76 Å². The van der Waals surface area contributed by atoms with E-state index in [4.69, 9.17) is 16.3 Å². The molecule has 1 N–H and O–H groups in total. The molecule has 0 bridgehead atoms. The molecule has 0 spiro atoms. The lowest BCUT2D eigenvalue weighted by molar-refractivity contribution is -0.139. The number of aromatic nitrogens is 2. The van der Waals surface area contributed by atoms with Gasteiger partial charge in [0.25, 0.3) is 11.7 Å². The summed E-state index contributed by atoms with van der Waals surface area (Å²) in [5, 5.41) is 11.5. The summed E-state index contributed by atoms with van der Waals surface area (Å²) in [6, 6.07) is 12.9. The number of methoxy groups -OCH3 is 1. The van der Waals surface area contributed by atoms with E-state index in [1.165, 1.54) is 4.90 Å². The fraction of sp³-hybridized carbons (Fsp3) is 0.208. The number of rotatable bonds is 7. The van der Waals surface area contributed by atoms with Gasteiger partial charge in [0.05, 0.1) is 25.1 Å². The number of halogens is 1. The quantitative estimate of drug-likeness (QED) is 0.332. The molecular weight excluding hydrogens is 430 g/mol. The number of imidazole rings is 1. The Morgan fingerprint density at radius 1 is 1.16 bits per heavy atom. The molecule has 2 heterocycles. The van der Waals surface area contributed by atoms with Crippen molar-refractivity contribution < 1.29 is 19.4 Å². The molecule has 1 unspecified atom stereocenters. The second-order valence-corrected chi connectivity index (χ2v) is 7.87. The second-order valence-electron chi connectivity index (χ2n) is 7.43. The van der Waals surface area contributed by atoms with Crippen LogP contribution in [0.15, 0.2) is 72.8 Å². The van der Waals surface area contributed by atoms with E-state index in [1.54, 1.807) is 62.1 Å². The summed E-state index contributed by atoms with van der Waals surface area (Å²) in [4.78, 5) is 31.6. The van der Waals surface area contributed by atoms with Crippen LogP contribution in [0.3, 0.4) is 0 Å². The molecule has 164 valence electrons. The van der Waals surface area contributed by atoms with Crippen LogP contribution in [-0.2, 0) is 16.1 Å². The number of ketones is 1. The second kappa shape index (κ2) is 9.28. The number of likely N-dealkylation sites (tertiary alicyclic amines) is 1. The predicted molar refractivity (Wildman–Crippen MR) is 120 cm³/mol. The van der Waals surface area contributed by atoms with Gasteiger partial charge >= 0.3 is 0 Å². The van der Waals surface area contributed by atoms with Gasteiger partial charge in [-0.2, -0.15) is 0 Å². The molecule has 2 aromatic carbocycles. The van der Waals surface area contributed by atoms with E-state index in [0.29, 0.717) is 41.4 Å². The first kappa shape index (κ1) is 21.6. The number of ether oxygens (including phenoxy) is 1. The zero-order chi connectivity index (χ0) is 22.7. The summed E-state index contributed by atoms with van der Waals surface area (Å²) in [5.41, 5.74) is 1.15. The van der Waals surface area contributed by atoms with Crippen LogP contribution in [0.4, 0.5) is 0 Å². The van der Waals surface area contributed by atoms with Gasteiger partial charge in [0, 0.05) is 36.1 Å². The Bertz CT molecular complexity index is 1160. The molecule has 0 saturated carbocycles. The van der Waals surface area contributed by atoms with Crippen molar-refractivity contribution in [1.82, 2.24) is 14.5 Å². The van der Waals surface area contributed by atoms with E-state index < -0.39 is 17.7 Å². The number of aryl methyl sites for hydroxylation is 1. The monoisotopic (exact) mass is 451 g/mol. The SMILES string of the molecule is COc1cccc(C2/C(=C(\O)c3ccc(Cl)cc3)C(=O)C(=O)N2CCCn2ccnc2)c1. The maximum absolute atomic E-state index is 13.0. The predicted octanol–water partition coefficient (Wildman–Crippen LogP) is 4.06. The van der Waals surface area contributed by atoms with E-state index in [-0.39, 0.29) is 11.3 Å². The van der Waals surface area contributed by atoms with Crippen LogP contribution in [0, 0.1) is 0 Å². The number of Topliss-reactive ketones (excluding diaryl/α,β-unsaturated/α-hetero) is 1. The fourth-order valence-electron chi connectivity index (χ4n) is 3.87. The number of carbonyl (C=O) groups excluding carboxylic acids is 2. The van der Waals surface area contributed by atoms with Crippen LogP contribution in [-0.4, -0.2) is 44.9 Å².